The zero-order valence-corrected chi connectivity index (χ0v) is 21.4. The Hall–Kier alpha value is -2.89. The van der Waals surface area contributed by atoms with Gasteiger partial charge in [-0.3, -0.25) is 9.59 Å². The van der Waals surface area contributed by atoms with E-state index in [1.165, 1.54) is 52.1 Å². The first kappa shape index (κ1) is 32.3. The Bertz CT molecular complexity index is 1290. The van der Waals surface area contributed by atoms with Gasteiger partial charge in [0.1, 0.15) is 11.6 Å². The van der Waals surface area contributed by atoms with Gasteiger partial charge in [-0.1, -0.05) is 32.1 Å². The van der Waals surface area contributed by atoms with Gasteiger partial charge in [-0.05, 0) is 54.0 Å². The van der Waals surface area contributed by atoms with Gasteiger partial charge >= 0.3 is 35.5 Å². The number of aliphatic hydroxyl groups is 2. The maximum atomic E-state index is 13.6. The SMILES string of the molecule is CC(C)c1c(C(=O)N(C)Cc2ccc(F)cc2)nn(-c2ccc(F)cc2)c1C=C[C@H](O)C[C@@H](O)CC(=O)O.[NaH]. The molecule has 11 heteroatoms. The van der Waals surface area contributed by atoms with Crippen LogP contribution in [0.3, 0.4) is 0 Å². The number of carboxylic acid groups (broad SMARTS) is 1. The van der Waals surface area contributed by atoms with E-state index in [1.807, 2.05) is 13.8 Å². The van der Waals surface area contributed by atoms with Crippen molar-refractivity contribution in [1.29, 1.82) is 0 Å². The van der Waals surface area contributed by atoms with E-state index < -0.39 is 30.4 Å². The molecule has 0 aliphatic heterocycles. The van der Waals surface area contributed by atoms with Crippen LogP contribution in [0.5, 0.6) is 0 Å². The van der Waals surface area contributed by atoms with Crippen molar-refractivity contribution >= 4 is 47.5 Å². The van der Waals surface area contributed by atoms with Crippen LogP contribution in [-0.2, 0) is 11.3 Å². The average Bonchev–Trinajstić information content (AvgIpc) is 3.23. The zero-order chi connectivity index (χ0) is 28.0. The summed E-state index contributed by atoms with van der Waals surface area (Å²) in [4.78, 5) is 25.8. The Morgan fingerprint density at radius 3 is 2.13 bits per heavy atom. The fraction of sp³-hybridized carbons (Fsp3) is 0.321. The molecule has 3 rings (SSSR count). The number of aliphatic carboxylic acids is 1. The summed E-state index contributed by atoms with van der Waals surface area (Å²) >= 11 is 0. The summed E-state index contributed by atoms with van der Waals surface area (Å²) in [6.07, 6.45) is -0.159. The van der Waals surface area contributed by atoms with Crippen molar-refractivity contribution in [3.05, 3.63) is 88.8 Å². The molecule has 204 valence electrons. The summed E-state index contributed by atoms with van der Waals surface area (Å²) in [6.45, 7) is 3.98. The molecule has 0 unspecified atom stereocenters. The number of benzene rings is 2. The molecule has 39 heavy (non-hydrogen) atoms. The number of aliphatic hydroxyl groups excluding tert-OH is 2. The number of amides is 1. The van der Waals surface area contributed by atoms with Gasteiger partial charge in [-0.2, -0.15) is 5.10 Å². The third-order valence-electron chi connectivity index (χ3n) is 5.89. The van der Waals surface area contributed by atoms with Crippen LogP contribution in [0.4, 0.5) is 8.78 Å². The van der Waals surface area contributed by atoms with Crippen molar-refractivity contribution in [1.82, 2.24) is 14.7 Å². The molecule has 0 radical (unpaired) electrons. The second-order valence-corrected chi connectivity index (χ2v) is 9.39. The third kappa shape index (κ3) is 8.81. The number of rotatable bonds is 11. The zero-order valence-electron chi connectivity index (χ0n) is 21.4. The van der Waals surface area contributed by atoms with Crippen LogP contribution in [0.1, 0.15) is 59.9 Å². The monoisotopic (exact) mass is 551 g/mol. The van der Waals surface area contributed by atoms with Crippen molar-refractivity contribution in [2.45, 2.75) is 51.4 Å². The molecule has 2 atom stereocenters. The fourth-order valence-electron chi connectivity index (χ4n) is 4.07. The number of carbonyl (C=O) groups excluding carboxylic acids is 1. The molecule has 1 amide bonds. The maximum absolute atomic E-state index is 13.6. The van der Waals surface area contributed by atoms with E-state index in [-0.39, 0.29) is 65.9 Å². The molecule has 0 fully saturated rings. The van der Waals surface area contributed by atoms with E-state index in [0.717, 1.165) is 5.56 Å². The molecule has 0 saturated heterocycles. The van der Waals surface area contributed by atoms with Gasteiger partial charge in [-0.15, -0.1) is 0 Å². The average molecular weight is 552 g/mol. The first-order valence-corrected chi connectivity index (χ1v) is 12.1. The molecule has 1 aromatic heterocycles. The Labute approximate surface area is 247 Å². The Kier molecular flexibility index (Phi) is 12.0. The Morgan fingerprint density at radius 2 is 1.59 bits per heavy atom. The van der Waals surface area contributed by atoms with Crippen LogP contribution in [0.15, 0.2) is 54.6 Å². The fourth-order valence-corrected chi connectivity index (χ4v) is 4.07. The van der Waals surface area contributed by atoms with Crippen molar-refractivity contribution < 1.29 is 33.7 Å². The molecule has 0 spiro atoms. The minimum absolute atomic E-state index is 0. The van der Waals surface area contributed by atoms with E-state index in [4.69, 9.17) is 5.11 Å². The van der Waals surface area contributed by atoms with Gasteiger partial charge in [0.25, 0.3) is 5.91 Å². The number of hydrogen-bond acceptors (Lipinski definition) is 5. The van der Waals surface area contributed by atoms with Gasteiger partial charge in [0, 0.05) is 25.6 Å². The summed E-state index contributed by atoms with van der Waals surface area (Å²) in [5, 5.41) is 33.7. The first-order valence-electron chi connectivity index (χ1n) is 12.1. The minimum atomic E-state index is -1.24. The second-order valence-electron chi connectivity index (χ2n) is 9.39. The number of carbonyl (C=O) groups is 2. The van der Waals surface area contributed by atoms with Crippen LogP contribution >= 0.6 is 0 Å². The molecule has 0 saturated carbocycles. The van der Waals surface area contributed by atoms with Gasteiger partial charge < -0.3 is 20.2 Å². The second kappa shape index (κ2) is 14.5. The predicted octanol–water partition coefficient (Wildman–Crippen LogP) is 3.50. The topological polar surface area (TPSA) is 116 Å². The summed E-state index contributed by atoms with van der Waals surface area (Å²) in [7, 11) is 1.61. The van der Waals surface area contributed by atoms with E-state index in [2.05, 4.69) is 5.10 Å². The summed E-state index contributed by atoms with van der Waals surface area (Å²) in [5.41, 5.74) is 2.42. The van der Waals surface area contributed by atoms with Gasteiger partial charge in [0.15, 0.2) is 5.69 Å². The quantitative estimate of drug-likeness (QED) is 0.314. The molecule has 2 aromatic carbocycles. The molecular weight excluding hydrogens is 519 g/mol. The number of carboxylic acids is 1. The van der Waals surface area contributed by atoms with E-state index in [0.29, 0.717) is 16.9 Å². The molecule has 3 N–H and O–H groups in total. The van der Waals surface area contributed by atoms with Crippen molar-refractivity contribution in [2.24, 2.45) is 0 Å². The van der Waals surface area contributed by atoms with Crippen LogP contribution in [-0.4, -0.2) is 90.7 Å². The first-order chi connectivity index (χ1) is 18.0. The molecule has 0 aliphatic carbocycles. The van der Waals surface area contributed by atoms with Crippen molar-refractivity contribution in [2.75, 3.05) is 7.05 Å². The Morgan fingerprint density at radius 1 is 1.03 bits per heavy atom. The van der Waals surface area contributed by atoms with Gasteiger partial charge in [0.2, 0.25) is 0 Å². The van der Waals surface area contributed by atoms with Crippen molar-refractivity contribution in [3.63, 3.8) is 0 Å². The third-order valence-corrected chi connectivity index (χ3v) is 5.89. The number of aromatic nitrogens is 2. The number of nitrogens with zero attached hydrogens (tertiary/aromatic N) is 3. The normalized spacial score (nSPS) is 12.8. The molecule has 0 bridgehead atoms. The molecule has 0 aliphatic rings. The molecule has 1 heterocycles. The van der Waals surface area contributed by atoms with Crippen LogP contribution in [0, 0.1) is 11.6 Å². The summed E-state index contributed by atoms with van der Waals surface area (Å²) < 4.78 is 28.4. The van der Waals surface area contributed by atoms with E-state index >= 15 is 0 Å². The van der Waals surface area contributed by atoms with Crippen molar-refractivity contribution in [3.8, 4) is 5.69 Å². The predicted molar refractivity (Wildman–Crippen MR) is 145 cm³/mol. The van der Waals surface area contributed by atoms with Crippen LogP contribution in [0.2, 0.25) is 0 Å². The van der Waals surface area contributed by atoms with Crippen LogP contribution < -0.4 is 0 Å². The van der Waals surface area contributed by atoms with Gasteiger partial charge in [0.05, 0.1) is 30.0 Å². The number of halogens is 2. The van der Waals surface area contributed by atoms with Crippen LogP contribution in [0.25, 0.3) is 11.8 Å². The summed E-state index contributed by atoms with van der Waals surface area (Å²) in [5.74, 6) is -2.57. The van der Waals surface area contributed by atoms with Gasteiger partial charge in [-0.25, -0.2) is 13.5 Å². The van der Waals surface area contributed by atoms with E-state index in [9.17, 15) is 28.6 Å². The summed E-state index contributed by atoms with van der Waals surface area (Å²) in [6, 6.07) is 11.4. The molecular formula is C28H32F2N3NaO5. The molecule has 3 aromatic rings. The van der Waals surface area contributed by atoms with E-state index in [1.54, 1.807) is 25.3 Å². The Balaban J connectivity index is 0.00000533. The molecule has 8 nitrogen and oxygen atoms in total. The standard InChI is InChI=1S/C28H31F2N3O5.Na.H/c1-17(2)26-24(13-12-22(34)14-23(35)15-25(36)37)33(21-10-8-20(30)9-11-21)31-27(26)28(38)32(3)16-18-4-6-19(29)7-5-18;;/h4-13,17,22-23,34-35H,14-16H2,1-3H3,(H,36,37);;/t22-,23+;;/m0../s1. The number of hydrogen-bond donors (Lipinski definition) is 3.